The molecule has 0 saturated carbocycles. The molecule has 0 aromatic heterocycles. The summed E-state index contributed by atoms with van der Waals surface area (Å²) in [4.78, 5) is 25.4. The van der Waals surface area contributed by atoms with E-state index in [1.54, 1.807) is 6.92 Å². The highest BCUT2D eigenvalue weighted by Gasteiger charge is 2.24. The first-order valence-electron chi connectivity index (χ1n) is 8.74. The number of hydrogen-bond acceptors (Lipinski definition) is 4. The zero-order chi connectivity index (χ0) is 17.2. The first kappa shape index (κ1) is 18.5. The molecule has 1 amide bonds. The van der Waals surface area contributed by atoms with Crippen LogP contribution in [0.2, 0.25) is 0 Å². The summed E-state index contributed by atoms with van der Waals surface area (Å²) in [5, 5.41) is 0. The molecule has 5 nitrogen and oxygen atoms in total. The number of amides is 1. The molecular formula is C19H27NO4. The molecule has 5 heteroatoms. The number of piperidine rings is 1. The van der Waals surface area contributed by atoms with Gasteiger partial charge in [0.2, 0.25) is 5.91 Å². The van der Waals surface area contributed by atoms with Gasteiger partial charge in [-0.2, -0.15) is 0 Å². The summed E-state index contributed by atoms with van der Waals surface area (Å²) < 4.78 is 10.7. The third-order valence-corrected chi connectivity index (χ3v) is 4.19. The number of likely N-dealkylation sites (tertiary alicyclic amines) is 1. The van der Waals surface area contributed by atoms with Crippen molar-refractivity contribution >= 4 is 11.9 Å². The Morgan fingerprint density at radius 2 is 2.00 bits per heavy atom. The molecule has 132 valence electrons. The molecule has 1 aliphatic heterocycles. The van der Waals surface area contributed by atoms with E-state index in [0.717, 1.165) is 31.5 Å². The van der Waals surface area contributed by atoms with E-state index in [1.807, 2.05) is 35.2 Å². The number of ether oxygens (including phenoxy) is 2. The van der Waals surface area contributed by atoms with Gasteiger partial charge < -0.3 is 14.4 Å². The van der Waals surface area contributed by atoms with Crippen LogP contribution in [0.15, 0.2) is 30.3 Å². The fraction of sp³-hybridized carbons (Fsp3) is 0.579. The lowest BCUT2D eigenvalue weighted by Crippen LogP contribution is -2.41. The van der Waals surface area contributed by atoms with Crippen molar-refractivity contribution in [1.82, 2.24) is 4.90 Å². The molecule has 2 rings (SSSR count). The molecule has 0 radical (unpaired) electrons. The highest BCUT2D eigenvalue weighted by molar-refractivity contribution is 5.81. The lowest BCUT2D eigenvalue weighted by Gasteiger charge is -2.32. The number of esters is 1. The second kappa shape index (κ2) is 10.1. The molecule has 1 atom stereocenters. The molecule has 1 saturated heterocycles. The number of carbonyl (C=O) groups is 2. The Labute approximate surface area is 143 Å². The largest absolute Gasteiger partial charge is 0.466 e. The number of hydrogen-bond donors (Lipinski definition) is 0. The molecule has 0 aliphatic carbocycles. The molecule has 0 N–H and O–H groups in total. The molecule has 1 heterocycles. The summed E-state index contributed by atoms with van der Waals surface area (Å²) in [7, 11) is 0. The molecule has 0 unspecified atom stereocenters. The maximum atomic E-state index is 12.2. The first-order valence-corrected chi connectivity index (χ1v) is 8.74. The van der Waals surface area contributed by atoms with E-state index in [1.165, 1.54) is 0 Å². The number of nitrogens with zero attached hydrogens (tertiary/aromatic N) is 1. The van der Waals surface area contributed by atoms with E-state index < -0.39 is 0 Å². The van der Waals surface area contributed by atoms with Crippen LogP contribution in [0.1, 0.15) is 38.2 Å². The van der Waals surface area contributed by atoms with E-state index in [2.05, 4.69) is 0 Å². The first-order chi connectivity index (χ1) is 11.7. The van der Waals surface area contributed by atoms with Gasteiger partial charge >= 0.3 is 5.97 Å². The maximum absolute atomic E-state index is 12.2. The normalized spacial score (nSPS) is 17.5. The highest BCUT2D eigenvalue weighted by atomic mass is 16.5. The Balaban J connectivity index is 1.69. The molecule has 0 bridgehead atoms. The van der Waals surface area contributed by atoms with Crippen molar-refractivity contribution in [3.05, 3.63) is 35.9 Å². The minimum atomic E-state index is -0.300. The van der Waals surface area contributed by atoms with Crippen LogP contribution in [0.4, 0.5) is 0 Å². The lowest BCUT2D eigenvalue weighted by molar-refractivity contribution is -0.146. The van der Waals surface area contributed by atoms with Crippen molar-refractivity contribution in [2.24, 2.45) is 5.92 Å². The third kappa shape index (κ3) is 6.32. The van der Waals surface area contributed by atoms with Crippen LogP contribution in [0.25, 0.3) is 0 Å². The fourth-order valence-electron chi connectivity index (χ4n) is 2.95. The van der Waals surface area contributed by atoms with E-state index in [0.29, 0.717) is 25.7 Å². The van der Waals surface area contributed by atoms with Crippen molar-refractivity contribution in [3.8, 4) is 0 Å². The minimum Gasteiger partial charge on any atom is -0.466 e. The quantitative estimate of drug-likeness (QED) is 0.687. The van der Waals surface area contributed by atoms with E-state index in [-0.39, 0.29) is 24.7 Å². The summed E-state index contributed by atoms with van der Waals surface area (Å²) >= 11 is 0. The highest BCUT2D eigenvalue weighted by Crippen LogP contribution is 2.18. The van der Waals surface area contributed by atoms with E-state index in [4.69, 9.17) is 9.47 Å². The van der Waals surface area contributed by atoms with Crippen LogP contribution in [0, 0.1) is 5.92 Å². The van der Waals surface area contributed by atoms with Gasteiger partial charge in [0.25, 0.3) is 0 Å². The second-order valence-electron chi connectivity index (χ2n) is 6.15. The van der Waals surface area contributed by atoms with Gasteiger partial charge in [-0.25, -0.2) is 0 Å². The molecule has 1 aromatic rings. The standard InChI is InChI=1S/C19H27NO4/c1-2-24-19(22)11-10-18(21)20-12-6-9-17(13-20)15-23-14-16-7-4-3-5-8-16/h3-5,7-8,17H,2,6,9-15H2,1H3/t17-/m0/s1. The van der Waals surface area contributed by atoms with Crippen molar-refractivity contribution in [3.63, 3.8) is 0 Å². The Kier molecular flexibility index (Phi) is 7.75. The molecular weight excluding hydrogens is 306 g/mol. The molecule has 1 aromatic carbocycles. The van der Waals surface area contributed by atoms with Gasteiger partial charge in [-0.05, 0) is 31.2 Å². The van der Waals surface area contributed by atoms with Gasteiger partial charge in [0.05, 0.1) is 26.2 Å². The van der Waals surface area contributed by atoms with Crippen molar-refractivity contribution in [2.75, 3.05) is 26.3 Å². The smallest absolute Gasteiger partial charge is 0.306 e. The van der Waals surface area contributed by atoms with Gasteiger partial charge in [-0.15, -0.1) is 0 Å². The van der Waals surface area contributed by atoms with Crippen LogP contribution in [0.3, 0.4) is 0 Å². The molecule has 1 fully saturated rings. The third-order valence-electron chi connectivity index (χ3n) is 4.19. The lowest BCUT2D eigenvalue weighted by atomic mass is 9.98. The number of carbonyl (C=O) groups excluding carboxylic acids is 2. The van der Waals surface area contributed by atoms with Crippen LogP contribution in [-0.4, -0.2) is 43.1 Å². The monoisotopic (exact) mass is 333 g/mol. The summed E-state index contributed by atoms with van der Waals surface area (Å²) in [5.41, 5.74) is 1.16. The Hall–Kier alpha value is -1.88. The van der Waals surface area contributed by atoms with Crippen LogP contribution >= 0.6 is 0 Å². The topological polar surface area (TPSA) is 55.8 Å². The van der Waals surface area contributed by atoms with Gasteiger partial charge in [0.1, 0.15) is 0 Å². The number of benzene rings is 1. The summed E-state index contributed by atoms with van der Waals surface area (Å²) in [6.07, 6.45) is 2.47. The Bertz CT molecular complexity index is 517. The Morgan fingerprint density at radius 1 is 1.21 bits per heavy atom. The average molecular weight is 333 g/mol. The van der Waals surface area contributed by atoms with Gasteiger partial charge in [0, 0.05) is 19.5 Å². The Morgan fingerprint density at radius 3 is 2.75 bits per heavy atom. The van der Waals surface area contributed by atoms with Crippen LogP contribution in [0.5, 0.6) is 0 Å². The predicted octanol–water partition coefficient (Wildman–Crippen LogP) is 2.79. The maximum Gasteiger partial charge on any atom is 0.306 e. The van der Waals surface area contributed by atoms with Crippen molar-refractivity contribution < 1.29 is 19.1 Å². The SMILES string of the molecule is CCOC(=O)CCC(=O)N1CCC[C@H](COCc2ccccc2)C1. The number of rotatable bonds is 8. The molecule has 0 spiro atoms. The summed E-state index contributed by atoms with van der Waals surface area (Å²) in [5.74, 6) is 0.107. The van der Waals surface area contributed by atoms with E-state index in [9.17, 15) is 9.59 Å². The van der Waals surface area contributed by atoms with E-state index >= 15 is 0 Å². The summed E-state index contributed by atoms with van der Waals surface area (Å²) in [6.45, 7) is 4.89. The average Bonchev–Trinajstić information content (AvgIpc) is 2.61. The summed E-state index contributed by atoms with van der Waals surface area (Å²) in [6, 6.07) is 10.1. The van der Waals surface area contributed by atoms with Crippen molar-refractivity contribution in [2.45, 2.75) is 39.2 Å². The van der Waals surface area contributed by atoms with Crippen molar-refractivity contribution in [1.29, 1.82) is 0 Å². The molecule has 24 heavy (non-hydrogen) atoms. The predicted molar refractivity (Wildman–Crippen MR) is 91.3 cm³/mol. The van der Waals surface area contributed by atoms with Gasteiger partial charge in [0.15, 0.2) is 0 Å². The zero-order valence-electron chi connectivity index (χ0n) is 14.4. The van der Waals surface area contributed by atoms with Crippen LogP contribution in [-0.2, 0) is 25.7 Å². The fourth-order valence-corrected chi connectivity index (χ4v) is 2.95. The minimum absolute atomic E-state index is 0.0378. The van der Waals surface area contributed by atoms with Crippen LogP contribution < -0.4 is 0 Å². The van der Waals surface area contributed by atoms with Gasteiger partial charge in [-0.3, -0.25) is 9.59 Å². The van der Waals surface area contributed by atoms with Gasteiger partial charge in [-0.1, -0.05) is 30.3 Å². The molecule has 1 aliphatic rings. The zero-order valence-corrected chi connectivity index (χ0v) is 14.4. The second-order valence-corrected chi connectivity index (χ2v) is 6.15.